The number of halogens is 1. The van der Waals surface area contributed by atoms with Gasteiger partial charge in [0.25, 0.3) is 15.0 Å². The van der Waals surface area contributed by atoms with Gasteiger partial charge in [-0.1, -0.05) is 0 Å². The lowest BCUT2D eigenvalue weighted by Gasteiger charge is -2.26. The van der Waals surface area contributed by atoms with Crippen LogP contribution in [0, 0.1) is 0 Å². The normalized spacial score (nSPS) is 15.5. The number of hydrogen-bond acceptors (Lipinski definition) is 4. The van der Waals surface area contributed by atoms with Gasteiger partial charge in [-0.05, 0) is 44.4 Å². The van der Waals surface area contributed by atoms with Crippen molar-refractivity contribution >= 4 is 25.6 Å². The van der Waals surface area contributed by atoms with Crippen LogP contribution in [-0.4, -0.2) is 27.0 Å². The predicted molar refractivity (Wildman–Crippen MR) is 75.8 cm³/mol. The molecule has 0 heterocycles. The molecular weight excluding hydrogens is 302 g/mol. The van der Waals surface area contributed by atoms with E-state index in [4.69, 9.17) is 15.4 Å². The van der Waals surface area contributed by atoms with Crippen molar-refractivity contribution in [2.24, 2.45) is 0 Å². The van der Waals surface area contributed by atoms with Crippen molar-refractivity contribution in [3.8, 4) is 5.75 Å². The first-order valence-electron chi connectivity index (χ1n) is 6.44. The Hall–Kier alpha value is -1.27. The van der Waals surface area contributed by atoms with E-state index in [2.05, 4.69) is 5.32 Å². The highest BCUT2D eigenvalue weighted by Crippen LogP contribution is 2.28. The SMILES string of the molecule is CCOc1ccc(C(=O)NC2CCC2)cc1S(=O)(=O)Cl. The molecule has 1 saturated carbocycles. The van der Waals surface area contributed by atoms with Gasteiger partial charge in [-0.2, -0.15) is 0 Å². The molecule has 20 heavy (non-hydrogen) atoms. The molecule has 1 amide bonds. The zero-order chi connectivity index (χ0) is 14.8. The van der Waals surface area contributed by atoms with E-state index in [0.717, 1.165) is 19.3 Å². The standard InChI is InChI=1S/C13H16ClNO4S/c1-2-19-11-7-6-9(8-12(11)20(14,17)18)13(16)15-10-4-3-5-10/h6-8,10H,2-5H2,1H3,(H,15,16). The van der Waals surface area contributed by atoms with Crippen LogP contribution in [0.3, 0.4) is 0 Å². The third kappa shape index (κ3) is 3.43. The van der Waals surface area contributed by atoms with Gasteiger partial charge in [-0.25, -0.2) is 8.42 Å². The lowest BCUT2D eigenvalue weighted by atomic mass is 9.93. The summed E-state index contributed by atoms with van der Waals surface area (Å²) in [6.07, 6.45) is 3.03. The zero-order valence-electron chi connectivity index (χ0n) is 11.1. The van der Waals surface area contributed by atoms with Crippen LogP contribution in [0.5, 0.6) is 5.75 Å². The molecule has 0 bridgehead atoms. The van der Waals surface area contributed by atoms with Gasteiger partial charge in [-0.3, -0.25) is 4.79 Å². The molecule has 1 aliphatic carbocycles. The first-order chi connectivity index (χ1) is 9.41. The van der Waals surface area contributed by atoms with Crippen molar-refractivity contribution in [1.82, 2.24) is 5.32 Å². The highest BCUT2D eigenvalue weighted by molar-refractivity contribution is 8.13. The van der Waals surface area contributed by atoms with E-state index in [-0.39, 0.29) is 28.2 Å². The summed E-state index contributed by atoms with van der Waals surface area (Å²) in [5.41, 5.74) is 0.263. The van der Waals surface area contributed by atoms with Crippen molar-refractivity contribution in [2.75, 3.05) is 6.61 Å². The van der Waals surface area contributed by atoms with Gasteiger partial charge in [0.15, 0.2) is 0 Å². The number of rotatable bonds is 5. The van der Waals surface area contributed by atoms with Gasteiger partial charge in [0.05, 0.1) is 6.61 Å². The minimum absolute atomic E-state index is 0.155. The van der Waals surface area contributed by atoms with Crippen molar-refractivity contribution in [2.45, 2.75) is 37.1 Å². The number of nitrogens with one attached hydrogen (secondary N) is 1. The molecule has 0 saturated heterocycles. The van der Waals surface area contributed by atoms with E-state index in [1.54, 1.807) is 6.92 Å². The monoisotopic (exact) mass is 317 g/mol. The Morgan fingerprint density at radius 1 is 1.45 bits per heavy atom. The second-order valence-corrected chi connectivity index (χ2v) is 7.17. The largest absolute Gasteiger partial charge is 0.492 e. The number of benzene rings is 1. The fraction of sp³-hybridized carbons (Fsp3) is 0.462. The first kappa shape index (κ1) is 15.1. The first-order valence-corrected chi connectivity index (χ1v) is 8.75. The lowest BCUT2D eigenvalue weighted by molar-refractivity contribution is 0.0916. The number of hydrogen-bond donors (Lipinski definition) is 1. The Bertz CT molecular complexity index is 611. The van der Waals surface area contributed by atoms with Gasteiger partial charge in [0.2, 0.25) is 0 Å². The van der Waals surface area contributed by atoms with E-state index in [9.17, 15) is 13.2 Å². The van der Waals surface area contributed by atoms with E-state index >= 15 is 0 Å². The number of carbonyl (C=O) groups excluding carboxylic acids is 1. The van der Waals surface area contributed by atoms with Crippen LogP contribution in [0.1, 0.15) is 36.5 Å². The molecule has 1 aliphatic rings. The van der Waals surface area contributed by atoms with E-state index < -0.39 is 9.05 Å². The third-order valence-corrected chi connectivity index (χ3v) is 4.55. The summed E-state index contributed by atoms with van der Waals surface area (Å²) in [6.45, 7) is 2.05. The molecule has 1 fully saturated rings. The molecule has 0 aromatic heterocycles. The average Bonchev–Trinajstić information content (AvgIpc) is 2.33. The average molecular weight is 318 g/mol. The second-order valence-electron chi connectivity index (χ2n) is 4.63. The maximum Gasteiger partial charge on any atom is 0.265 e. The van der Waals surface area contributed by atoms with Crippen molar-refractivity contribution in [3.63, 3.8) is 0 Å². The van der Waals surface area contributed by atoms with Crippen LogP contribution in [-0.2, 0) is 9.05 Å². The molecule has 0 aliphatic heterocycles. The quantitative estimate of drug-likeness (QED) is 0.846. The summed E-state index contributed by atoms with van der Waals surface area (Å²) < 4.78 is 28.3. The Labute approximate surface area is 122 Å². The topological polar surface area (TPSA) is 72.5 Å². The van der Waals surface area contributed by atoms with Gasteiger partial charge in [0.1, 0.15) is 10.6 Å². The molecule has 1 N–H and O–H groups in total. The Kier molecular flexibility index (Phi) is 4.55. The fourth-order valence-corrected chi connectivity index (χ4v) is 2.93. The maximum atomic E-state index is 12.0. The molecule has 1 aromatic carbocycles. The number of amides is 1. The summed E-state index contributed by atoms with van der Waals surface area (Å²) in [5, 5.41) is 2.85. The predicted octanol–water partition coefficient (Wildman–Crippen LogP) is 2.30. The van der Waals surface area contributed by atoms with E-state index in [1.165, 1.54) is 18.2 Å². The van der Waals surface area contributed by atoms with Crippen LogP contribution < -0.4 is 10.1 Å². The van der Waals surface area contributed by atoms with Gasteiger partial charge < -0.3 is 10.1 Å². The van der Waals surface area contributed by atoms with Crippen molar-refractivity contribution < 1.29 is 17.9 Å². The van der Waals surface area contributed by atoms with Crippen LogP contribution >= 0.6 is 10.7 Å². The highest BCUT2D eigenvalue weighted by Gasteiger charge is 2.23. The van der Waals surface area contributed by atoms with Gasteiger partial charge in [-0.15, -0.1) is 0 Å². The summed E-state index contributed by atoms with van der Waals surface area (Å²) in [7, 11) is 1.42. The number of carbonyl (C=O) groups is 1. The zero-order valence-corrected chi connectivity index (χ0v) is 12.6. The molecule has 0 unspecified atom stereocenters. The maximum absolute atomic E-state index is 12.0. The summed E-state index contributed by atoms with van der Waals surface area (Å²) in [4.78, 5) is 11.8. The molecule has 5 nitrogen and oxygen atoms in total. The molecule has 1 aromatic rings. The van der Waals surface area contributed by atoms with Gasteiger partial charge in [0, 0.05) is 22.3 Å². The molecule has 7 heteroatoms. The van der Waals surface area contributed by atoms with Gasteiger partial charge >= 0.3 is 0 Å². The van der Waals surface area contributed by atoms with Crippen molar-refractivity contribution in [1.29, 1.82) is 0 Å². The third-order valence-electron chi connectivity index (χ3n) is 3.21. The molecule has 0 atom stereocenters. The molecule has 110 valence electrons. The summed E-state index contributed by atoms with van der Waals surface area (Å²) >= 11 is 0. The molecule has 2 rings (SSSR count). The van der Waals surface area contributed by atoms with Crippen molar-refractivity contribution in [3.05, 3.63) is 23.8 Å². The summed E-state index contributed by atoms with van der Waals surface area (Å²) in [6, 6.07) is 4.42. The summed E-state index contributed by atoms with van der Waals surface area (Å²) in [5.74, 6) is -0.137. The van der Waals surface area contributed by atoms with Crippen LogP contribution in [0.2, 0.25) is 0 Å². The molecule has 0 radical (unpaired) electrons. The smallest absolute Gasteiger partial charge is 0.265 e. The minimum Gasteiger partial charge on any atom is -0.492 e. The van der Waals surface area contributed by atoms with E-state index in [0.29, 0.717) is 6.61 Å². The Morgan fingerprint density at radius 3 is 2.65 bits per heavy atom. The molecule has 0 spiro atoms. The minimum atomic E-state index is -3.96. The fourth-order valence-electron chi connectivity index (χ4n) is 1.94. The second kappa shape index (κ2) is 6.01. The lowest BCUT2D eigenvalue weighted by Crippen LogP contribution is -2.39. The van der Waals surface area contributed by atoms with Crippen LogP contribution in [0.15, 0.2) is 23.1 Å². The van der Waals surface area contributed by atoms with E-state index in [1.807, 2.05) is 0 Å². The van der Waals surface area contributed by atoms with Crippen LogP contribution in [0.4, 0.5) is 0 Å². The van der Waals surface area contributed by atoms with Crippen LogP contribution in [0.25, 0.3) is 0 Å². The highest BCUT2D eigenvalue weighted by atomic mass is 35.7. The Morgan fingerprint density at radius 2 is 2.15 bits per heavy atom. The number of ether oxygens (including phenoxy) is 1. The molecular formula is C13H16ClNO4S. The Balaban J connectivity index is 2.28.